The van der Waals surface area contributed by atoms with Crippen LogP contribution in [0.1, 0.15) is 69.5 Å². The Morgan fingerprint density at radius 1 is 1.03 bits per heavy atom. The number of amides is 2. The molecule has 0 radical (unpaired) electrons. The molecule has 33 heavy (non-hydrogen) atoms. The van der Waals surface area contributed by atoms with Crippen LogP contribution in [0.25, 0.3) is 0 Å². The number of hydrogen-bond acceptors (Lipinski definition) is 3. The van der Waals surface area contributed by atoms with Crippen LogP contribution < -0.4 is 10.6 Å². The molecule has 1 saturated carbocycles. The van der Waals surface area contributed by atoms with E-state index in [9.17, 15) is 19.5 Å². The van der Waals surface area contributed by atoms with Crippen molar-refractivity contribution in [2.45, 2.75) is 70.4 Å². The molecule has 0 saturated heterocycles. The molecule has 1 aliphatic carbocycles. The van der Waals surface area contributed by atoms with Gasteiger partial charge in [0.05, 0.1) is 6.04 Å². The van der Waals surface area contributed by atoms with Crippen LogP contribution >= 0.6 is 0 Å². The highest BCUT2D eigenvalue weighted by atomic mass is 16.4. The van der Waals surface area contributed by atoms with Crippen molar-refractivity contribution in [3.05, 3.63) is 71.8 Å². The summed E-state index contributed by atoms with van der Waals surface area (Å²) in [6, 6.07) is 18.8. The van der Waals surface area contributed by atoms with E-state index in [0.29, 0.717) is 32.1 Å². The summed E-state index contributed by atoms with van der Waals surface area (Å²) in [5.74, 6) is -1.42. The van der Waals surface area contributed by atoms with Crippen molar-refractivity contribution in [3.8, 4) is 0 Å². The summed E-state index contributed by atoms with van der Waals surface area (Å²) >= 11 is 0. The molecule has 0 aliphatic heterocycles. The van der Waals surface area contributed by atoms with Crippen LogP contribution in [0.2, 0.25) is 0 Å². The van der Waals surface area contributed by atoms with Crippen molar-refractivity contribution >= 4 is 17.8 Å². The Hall–Kier alpha value is -3.15. The van der Waals surface area contributed by atoms with Gasteiger partial charge in [-0.05, 0) is 43.7 Å². The smallest absolute Gasteiger partial charge is 0.405 e. The summed E-state index contributed by atoms with van der Waals surface area (Å²) in [6.45, 7) is 3.82. The van der Waals surface area contributed by atoms with Crippen LogP contribution in [0, 0.1) is 5.41 Å². The third kappa shape index (κ3) is 5.27. The normalized spacial score (nSPS) is 17.2. The van der Waals surface area contributed by atoms with E-state index in [1.807, 2.05) is 74.5 Å². The van der Waals surface area contributed by atoms with Crippen LogP contribution in [0.5, 0.6) is 0 Å². The third-order valence-electron chi connectivity index (χ3n) is 7.07. The van der Waals surface area contributed by atoms with Gasteiger partial charge in [0.2, 0.25) is 5.78 Å². The fraction of sp³-hybridized carbons (Fsp3) is 0.444. The number of nitrogens with one attached hydrogen (secondary N) is 2. The lowest BCUT2D eigenvalue weighted by atomic mass is 9.52. The van der Waals surface area contributed by atoms with Crippen molar-refractivity contribution in [3.63, 3.8) is 0 Å². The zero-order valence-electron chi connectivity index (χ0n) is 19.5. The van der Waals surface area contributed by atoms with Gasteiger partial charge in [0, 0.05) is 5.41 Å². The molecular weight excluding hydrogens is 416 g/mol. The highest BCUT2D eigenvalue weighted by Gasteiger charge is 2.60. The number of carbonyl (C=O) groups is 3. The molecule has 6 heteroatoms. The first kappa shape index (κ1) is 24.5. The maximum Gasteiger partial charge on any atom is 0.405 e. The highest BCUT2D eigenvalue weighted by molar-refractivity contribution is 6.40. The third-order valence-corrected chi connectivity index (χ3v) is 7.07. The number of ketones is 1. The standard InChI is InChI=1S/C27H34N2O4/c1-3-4-18-27(29-25(32)33,26(16-11-17-26)19-21-12-7-5-8-13-21)23(30)24(31)28-20(2)22-14-9-6-10-15-22/h5-10,12-15,20,29H,3-4,11,16-19H2,1-2H3,(H,28,31)(H,32,33)/t20-,27?/m1/s1. The first-order valence-corrected chi connectivity index (χ1v) is 11.8. The molecule has 6 nitrogen and oxygen atoms in total. The van der Waals surface area contributed by atoms with Crippen molar-refractivity contribution < 1.29 is 19.5 Å². The van der Waals surface area contributed by atoms with E-state index in [1.165, 1.54) is 0 Å². The molecule has 1 aliphatic rings. The van der Waals surface area contributed by atoms with Crippen molar-refractivity contribution in [1.29, 1.82) is 0 Å². The Labute approximate surface area is 195 Å². The van der Waals surface area contributed by atoms with E-state index < -0.39 is 28.7 Å². The molecule has 1 fully saturated rings. The molecule has 176 valence electrons. The van der Waals surface area contributed by atoms with Gasteiger partial charge in [0.1, 0.15) is 5.54 Å². The van der Waals surface area contributed by atoms with E-state index >= 15 is 0 Å². The number of rotatable bonds is 11. The molecule has 0 bridgehead atoms. The van der Waals surface area contributed by atoms with Gasteiger partial charge in [-0.1, -0.05) is 86.8 Å². The lowest BCUT2D eigenvalue weighted by Crippen LogP contribution is -2.70. The van der Waals surface area contributed by atoms with Gasteiger partial charge in [-0.25, -0.2) is 4.79 Å². The molecule has 3 N–H and O–H groups in total. The van der Waals surface area contributed by atoms with Crippen LogP contribution in [0.4, 0.5) is 4.79 Å². The summed E-state index contributed by atoms with van der Waals surface area (Å²) in [6.07, 6.45) is 3.29. The minimum Gasteiger partial charge on any atom is -0.465 e. The quantitative estimate of drug-likeness (QED) is 0.418. The number of carbonyl (C=O) groups excluding carboxylic acids is 2. The van der Waals surface area contributed by atoms with Gasteiger partial charge in [0.25, 0.3) is 5.91 Å². The number of unbranched alkanes of at least 4 members (excludes halogenated alkanes) is 1. The molecule has 2 aromatic carbocycles. The van der Waals surface area contributed by atoms with E-state index in [2.05, 4.69) is 10.6 Å². The maximum atomic E-state index is 13.9. The van der Waals surface area contributed by atoms with Gasteiger partial charge in [-0.15, -0.1) is 0 Å². The number of benzene rings is 2. The average Bonchev–Trinajstić information content (AvgIpc) is 2.79. The first-order valence-electron chi connectivity index (χ1n) is 11.8. The number of Topliss-reactive ketones (excluding diaryl/α,β-unsaturated/α-hetero) is 1. The maximum absolute atomic E-state index is 13.9. The Balaban J connectivity index is 1.97. The Bertz CT molecular complexity index is 957. The van der Waals surface area contributed by atoms with Gasteiger partial charge < -0.3 is 15.7 Å². The average molecular weight is 451 g/mol. The SMILES string of the molecule is CCCCC(NC(=O)O)(C(=O)C(=O)N[C@H](C)c1ccccc1)C1(Cc2ccccc2)CCC1. The number of carboxylic acid groups (broad SMARTS) is 1. The van der Waals surface area contributed by atoms with E-state index in [1.54, 1.807) is 0 Å². The molecule has 3 rings (SSSR count). The molecule has 2 atom stereocenters. The summed E-state index contributed by atoms with van der Waals surface area (Å²) in [7, 11) is 0. The second kappa shape index (κ2) is 10.6. The summed E-state index contributed by atoms with van der Waals surface area (Å²) < 4.78 is 0. The molecule has 2 aromatic rings. The van der Waals surface area contributed by atoms with Crippen LogP contribution in [0.3, 0.4) is 0 Å². The van der Waals surface area contributed by atoms with Crippen molar-refractivity contribution in [1.82, 2.24) is 10.6 Å². The molecule has 0 spiro atoms. The van der Waals surface area contributed by atoms with Gasteiger partial charge >= 0.3 is 6.09 Å². The Kier molecular flexibility index (Phi) is 7.90. The van der Waals surface area contributed by atoms with Gasteiger partial charge in [-0.3, -0.25) is 9.59 Å². The van der Waals surface area contributed by atoms with Crippen LogP contribution in [-0.2, 0) is 16.0 Å². The minimum atomic E-state index is -1.47. The van der Waals surface area contributed by atoms with Gasteiger partial charge in [-0.2, -0.15) is 0 Å². The second-order valence-corrected chi connectivity index (χ2v) is 9.17. The lowest BCUT2D eigenvalue weighted by molar-refractivity contribution is -0.149. The van der Waals surface area contributed by atoms with Crippen LogP contribution in [-0.4, -0.2) is 28.4 Å². The summed E-state index contributed by atoms with van der Waals surface area (Å²) in [5, 5.41) is 15.2. The first-order chi connectivity index (χ1) is 15.8. The zero-order chi connectivity index (χ0) is 23.9. The van der Waals surface area contributed by atoms with E-state index in [-0.39, 0.29) is 6.04 Å². The summed E-state index contributed by atoms with van der Waals surface area (Å²) in [4.78, 5) is 39.1. The minimum absolute atomic E-state index is 0.300. The topological polar surface area (TPSA) is 95.5 Å². The largest absolute Gasteiger partial charge is 0.465 e. The van der Waals surface area contributed by atoms with E-state index in [4.69, 9.17) is 0 Å². The second-order valence-electron chi connectivity index (χ2n) is 9.17. The lowest BCUT2D eigenvalue weighted by Gasteiger charge is -2.55. The summed E-state index contributed by atoms with van der Waals surface area (Å²) in [5.41, 5.74) is -0.182. The molecule has 0 heterocycles. The van der Waals surface area contributed by atoms with Crippen molar-refractivity contribution in [2.75, 3.05) is 0 Å². The molecular formula is C27H34N2O4. The fourth-order valence-corrected chi connectivity index (χ4v) is 5.12. The Morgan fingerprint density at radius 3 is 2.15 bits per heavy atom. The monoisotopic (exact) mass is 450 g/mol. The fourth-order valence-electron chi connectivity index (χ4n) is 5.12. The van der Waals surface area contributed by atoms with Gasteiger partial charge in [0.15, 0.2) is 0 Å². The van der Waals surface area contributed by atoms with Crippen LogP contribution in [0.15, 0.2) is 60.7 Å². The number of hydrogen-bond donors (Lipinski definition) is 3. The Morgan fingerprint density at radius 2 is 1.64 bits per heavy atom. The molecule has 0 aromatic heterocycles. The molecule has 1 unspecified atom stereocenters. The highest BCUT2D eigenvalue weighted by Crippen LogP contribution is 2.54. The predicted molar refractivity (Wildman–Crippen MR) is 128 cm³/mol. The van der Waals surface area contributed by atoms with E-state index in [0.717, 1.165) is 24.0 Å². The predicted octanol–water partition coefficient (Wildman–Crippen LogP) is 5.04. The molecule has 2 amide bonds. The zero-order valence-corrected chi connectivity index (χ0v) is 19.5. The van der Waals surface area contributed by atoms with Crippen molar-refractivity contribution in [2.24, 2.45) is 5.41 Å².